The molecule has 0 unspecified atom stereocenters. The summed E-state index contributed by atoms with van der Waals surface area (Å²) in [4.78, 5) is 30.3. The molecule has 192 valence electrons. The van der Waals surface area contributed by atoms with Gasteiger partial charge in [0, 0.05) is 79.7 Å². The number of benzene rings is 1. The third-order valence-corrected chi connectivity index (χ3v) is 7.89. The van der Waals surface area contributed by atoms with Gasteiger partial charge >= 0.3 is 6.36 Å². The second-order valence-corrected chi connectivity index (χ2v) is 10.1. The number of hydrazine groups is 2. The molecule has 6 rings (SSSR count). The summed E-state index contributed by atoms with van der Waals surface area (Å²) < 4.78 is 43.5. The molecule has 1 aromatic heterocycles. The van der Waals surface area contributed by atoms with Crippen LogP contribution in [0.5, 0.6) is 5.75 Å². The first kappa shape index (κ1) is 23.0. The summed E-state index contributed by atoms with van der Waals surface area (Å²) in [5, 5.41) is 0.506. The van der Waals surface area contributed by atoms with Crippen LogP contribution in [0.25, 0.3) is 10.9 Å². The normalized spacial score (nSPS) is 25.6. The largest absolute Gasteiger partial charge is 0.573 e. The van der Waals surface area contributed by atoms with E-state index in [1.165, 1.54) is 18.2 Å². The predicted octanol–water partition coefficient (Wildman–Crippen LogP) is 2.23. The van der Waals surface area contributed by atoms with Crippen molar-refractivity contribution in [2.45, 2.75) is 25.6 Å². The minimum atomic E-state index is -4.78. The molecule has 0 bridgehead atoms. The van der Waals surface area contributed by atoms with Crippen LogP contribution in [0.1, 0.15) is 29.8 Å². The first-order chi connectivity index (χ1) is 17.2. The number of likely N-dealkylation sites (tertiary alicyclic amines) is 2. The Labute approximate surface area is 205 Å². The summed E-state index contributed by atoms with van der Waals surface area (Å²) in [6.45, 7) is 2.42. The van der Waals surface area contributed by atoms with E-state index in [2.05, 4.69) is 21.1 Å². The monoisotopic (exact) mass is 504 g/mol. The third kappa shape index (κ3) is 4.02. The van der Waals surface area contributed by atoms with Crippen molar-refractivity contribution in [1.29, 1.82) is 0 Å². The van der Waals surface area contributed by atoms with Crippen molar-refractivity contribution >= 4 is 22.7 Å². The number of halogens is 3. The molecule has 0 spiro atoms. The quantitative estimate of drug-likeness (QED) is 0.594. The number of carbonyl (C=O) groups is 2. The Morgan fingerprint density at radius 3 is 2.42 bits per heavy atom. The van der Waals surface area contributed by atoms with Crippen LogP contribution in [-0.2, 0) is 11.8 Å². The average Bonchev–Trinajstić information content (AvgIpc) is 3.59. The summed E-state index contributed by atoms with van der Waals surface area (Å²) in [5.74, 6) is 0.140. The number of allylic oxidation sites excluding steroid dienone is 2. The van der Waals surface area contributed by atoms with Gasteiger partial charge in [-0.15, -0.1) is 13.2 Å². The molecular formula is C24H27F3N6O3. The van der Waals surface area contributed by atoms with E-state index in [4.69, 9.17) is 0 Å². The van der Waals surface area contributed by atoms with Gasteiger partial charge in [-0.3, -0.25) is 9.59 Å². The van der Waals surface area contributed by atoms with Gasteiger partial charge in [-0.25, -0.2) is 0 Å². The molecule has 0 saturated carbocycles. The predicted molar refractivity (Wildman–Crippen MR) is 123 cm³/mol. The number of hydrogen-bond donors (Lipinski definition) is 3. The first-order valence-electron chi connectivity index (χ1n) is 12.1. The maximum absolute atomic E-state index is 13.3. The van der Waals surface area contributed by atoms with E-state index in [1.807, 2.05) is 4.90 Å². The van der Waals surface area contributed by atoms with Crippen LogP contribution in [0, 0.1) is 17.8 Å². The Bertz CT molecular complexity index is 1260. The number of aryl methyl sites for hydroxylation is 1. The van der Waals surface area contributed by atoms with Crippen molar-refractivity contribution < 1.29 is 27.5 Å². The fourth-order valence-electron chi connectivity index (χ4n) is 6.09. The van der Waals surface area contributed by atoms with E-state index >= 15 is 0 Å². The van der Waals surface area contributed by atoms with E-state index in [1.54, 1.807) is 22.6 Å². The fraction of sp³-hybridized carbons (Fsp3) is 0.500. The van der Waals surface area contributed by atoms with Crippen LogP contribution < -0.4 is 21.1 Å². The summed E-state index contributed by atoms with van der Waals surface area (Å²) in [6, 6.07) is 5.67. The number of nitrogens with one attached hydrogen (secondary N) is 3. The molecule has 3 atom stereocenters. The van der Waals surface area contributed by atoms with Gasteiger partial charge in [0.15, 0.2) is 0 Å². The molecule has 2 saturated heterocycles. The zero-order valence-corrected chi connectivity index (χ0v) is 19.7. The topological polar surface area (TPSA) is 90.9 Å². The summed E-state index contributed by atoms with van der Waals surface area (Å²) in [7, 11) is 1.73. The second kappa shape index (κ2) is 8.32. The zero-order valence-electron chi connectivity index (χ0n) is 19.7. The van der Waals surface area contributed by atoms with Gasteiger partial charge in [0.25, 0.3) is 5.91 Å². The number of aromatic nitrogens is 1. The maximum atomic E-state index is 13.3. The minimum absolute atomic E-state index is 0.0310. The van der Waals surface area contributed by atoms with Crippen molar-refractivity contribution in [2.24, 2.45) is 24.8 Å². The molecule has 4 heterocycles. The maximum Gasteiger partial charge on any atom is 0.573 e. The van der Waals surface area contributed by atoms with Gasteiger partial charge in [-0.1, -0.05) is 0 Å². The molecule has 9 nitrogen and oxygen atoms in total. The molecule has 12 heteroatoms. The Balaban J connectivity index is 1.10. The van der Waals surface area contributed by atoms with Crippen LogP contribution in [0.4, 0.5) is 13.2 Å². The Kier molecular flexibility index (Phi) is 5.32. The third-order valence-electron chi connectivity index (χ3n) is 7.89. The van der Waals surface area contributed by atoms with Gasteiger partial charge in [0.05, 0.1) is 0 Å². The number of fused-ring (bicyclic) bond motifs is 2. The highest BCUT2D eigenvalue weighted by atomic mass is 19.4. The second-order valence-electron chi connectivity index (χ2n) is 10.1. The highest BCUT2D eigenvalue weighted by Crippen LogP contribution is 2.36. The number of amides is 2. The van der Waals surface area contributed by atoms with Crippen LogP contribution in [0.15, 0.2) is 35.7 Å². The van der Waals surface area contributed by atoms with E-state index in [0.29, 0.717) is 49.2 Å². The van der Waals surface area contributed by atoms with Gasteiger partial charge in [0.2, 0.25) is 5.91 Å². The van der Waals surface area contributed by atoms with E-state index < -0.39 is 6.36 Å². The molecule has 4 aliphatic rings. The minimum Gasteiger partial charge on any atom is -0.406 e. The molecule has 1 aliphatic carbocycles. The smallest absolute Gasteiger partial charge is 0.406 e. The molecule has 2 amide bonds. The molecular weight excluding hydrogens is 477 g/mol. The lowest BCUT2D eigenvalue weighted by Gasteiger charge is -2.28. The van der Waals surface area contributed by atoms with Crippen LogP contribution in [0.3, 0.4) is 0 Å². The summed E-state index contributed by atoms with van der Waals surface area (Å²) >= 11 is 0. The van der Waals surface area contributed by atoms with Crippen molar-refractivity contribution in [1.82, 2.24) is 30.8 Å². The molecule has 2 aromatic rings. The Morgan fingerprint density at radius 2 is 1.69 bits per heavy atom. The lowest BCUT2D eigenvalue weighted by atomic mass is 9.89. The SMILES string of the molecule is Cn1c(C(=O)N2C[C@@H]3CN(C(=O)[C@@H]4CCC5=C(C4)NNN5)C[C@H]3C2)cc2cc(OC(F)(F)F)ccc21. The van der Waals surface area contributed by atoms with E-state index in [0.717, 1.165) is 24.2 Å². The highest BCUT2D eigenvalue weighted by molar-refractivity contribution is 5.99. The first-order valence-corrected chi connectivity index (χ1v) is 12.1. The Morgan fingerprint density at radius 1 is 1.00 bits per heavy atom. The van der Waals surface area contributed by atoms with Crippen LogP contribution in [0.2, 0.25) is 0 Å². The molecule has 0 radical (unpaired) electrons. The number of nitrogens with zero attached hydrogens (tertiary/aromatic N) is 3. The summed E-state index contributed by atoms with van der Waals surface area (Å²) in [5.41, 5.74) is 12.3. The van der Waals surface area contributed by atoms with Crippen LogP contribution in [-0.4, -0.2) is 58.7 Å². The van der Waals surface area contributed by atoms with Crippen LogP contribution >= 0.6 is 0 Å². The number of alkyl halides is 3. The van der Waals surface area contributed by atoms with Crippen molar-refractivity contribution in [3.63, 3.8) is 0 Å². The average molecular weight is 505 g/mol. The van der Waals surface area contributed by atoms with Crippen molar-refractivity contribution in [3.8, 4) is 5.75 Å². The van der Waals surface area contributed by atoms with Gasteiger partial charge in [-0.05, 0) is 37.1 Å². The number of hydrogen-bond acceptors (Lipinski definition) is 6. The van der Waals surface area contributed by atoms with E-state index in [9.17, 15) is 22.8 Å². The number of carbonyl (C=O) groups excluding carboxylic acids is 2. The van der Waals surface area contributed by atoms with Gasteiger partial charge in [0.1, 0.15) is 11.4 Å². The zero-order chi connectivity index (χ0) is 25.2. The van der Waals surface area contributed by atoms with Gasteiger partial charge in [-0.2, -0.15) is 5.53 Å². The van der Waals surface area contributed by atoms with E-state index in [-0.39, 0.29) is 35.3 Å². The number of rotatable bonds is 3. The molecule has 1 aromatic carbocycles. The van der Waals surface area contributed by atoms with Crippen molar-refractivity contribution in [2.75, 3.05) is 26.2 Å². The molecule has 36 heavy (non-hydrogen) atoms. The molecule has 3 aliphatic heterocycles. The van der Waals surface area contributed by atoms with Gasteiger partial charge < -0.3 is 30.0 Å². The number of ether oxygens (including phenoxy) is 1. The summed E-state index contributed by atoms with van der Waals surface area (Å²) in [6.07, 6.45) is -2.42. The standard InChI is InChI=1S/C24H27F3N6O3/c1-31-20-5-3-17(36-24(25,26)27)6-14(20)8-21(31)23(35)33-11-15-9-32(10-16(15)12-33)22(34)13-2-4-18-19(7-13)29-30-28-18/h3,5-6,8,13,15-16,28-30H,2,4,7,9-12H2,1H3/t13-,15+,16+/m1/s1. The van der Waals surface area contributed by atoms with Crippen molar-refractivity contribution in [3.05, 3.63) is 41.4 Å². The fourth-order valence-corrected chi connectivity index (χ4v) is 6.09. The highest BCUT2D eigenvalue weighted by Gasteiger charge is 2.45. The molecule has 3 N–H and O–H groups in total. The lowest BCUT2D eigenvalue weighted by molar-refractivity contribution is -0.274. The lowest BCUT2D eigenvalue weighted by Crippen LogP contribution is -2.39. The Hall–Kier alpha value is -3.41. The molecule has 2 fully saturated rings.